The van der Waals surface area contributed by atoms with E-state index in [4.69, 9.17) is 0 Å². The van der Waals surface area contributed by atoms with Crippen LogP contribution in [0.3, 0.4) is 0 Å². The Morgan fingerprint density at radius 2 is 1.44 bits per heavy atom. The first-order valence-corrected chi connectivity index (χ1v) is 9.13. The summed E-state index contributed by atoms with van der Waals surface area (Å²) in [5.41, 5.74) is 5.64. The predicted molar refractivity (Wildman–Crippen MR) is 76.9 cm³/mol. The van der Waals surface area contributed by atoms with E-state index in [2.05, 4.69) is 52.2 Å². The first-order chi connectivity index (χ1) is 7.77. The fourth-order valence-corrected chi connectivity index (χ4v) is 5.98. The second-order valence-electron chi connectivity index (χ2n) is 5.71. The monoisotopic (exact) mass is 323 g/mol. The van der Waals surface area contributed by atoms with Crippen LogP contribution in [0.1, 0.15) is 48.5 Å². The van der Waals surface area contributed by atoms with Gasteiger partial charge >= 0.3 is 118 Å². The number of allylic oxidation sites excluding steroid dienone is 4. The zero-order valence-electron chi connectivity index (χ0n) is 13.0. The van der Waals surface area contributed by atoms with Gasteiger partial charge in [0.25, 0.3) is 0 Å². The number of hydrogen-bond donors (Lipinski definition) is 0. The van der Waals surface area contributed by atoms with Crippen LogP contribution in [0.4, 0.5) is 0 Å². The van der Waals surface area contributed by atoms with Crippen molar-refractivity contribution >= 4 is 10.2 Å². The summed E-state index contributed by atoms with van der Waals surface area (Å²) >= 11 is 0.210. The molecule has 18 heavy (non-hydrogen) atoms. The fraction of sp³-hybridized carbons (Fsp3) is 0.714. The number of hydrogen-bond acceptors (Lipinski definition) is 1. The zero-order valence-corrected chi connectivity index (χ0v) is 17.2. The van der Waals surface area contributed by atoms with Crippen LogP contribution in [0.5, 0.6) is 0 Å². The van der Waals surface area contributed by atoms with Crippen molar-refractivity contribution in [3.63, 3.8) is 0 Å². The minimum Gasteiger partial charge on any atom is -1.00 e. The Morgan fingerprint density at radius 1 is 1.00 bits per heavy atom. The van der Waals surface area contributed by atoms with Gasteiger partial charge in [-0.3, -0.25) is 0 Å². The number of halogens is 1. The van der Waals surface area contributed by atoms with Gasteiger partial charge in [0.2, 0.25) is 0 Å². The molecule has 0 aromatic heterocycles. The summed E-state index contributed by atoms with van der Waals surface area (Å²) in [5, 5.41) is 0. The SMILES string of the molecule is CC1=C(C)C([SiH3])[C]([V+][N](C(C)C)C(C)C)=C1C.[Cl-]. The van der Waals surface area contributed by atoms with Crippen molar-refractivity contribution in [2.75, 3.05) is 0 Å². The molecule has 1 aliphatic rings. The van der Waals surface area contributed by atoms with Gasteiger partial charge in [0.05, 0.1) is 0 Å². The Morgan fingerprint density at radius 3 is 1.72 bits per heavy atom. The topological polar surface area (TPSA) is 3.24 Å². The number of nitrogens with zero attached hydrogens (tertiary/aromatic N) is 1. The van der Waals surface area contributed by atoms with E-state index >= 15 is 0 Å². The molecule has 104 valence electrons. The van der Waals surface area contributed by atoms with Crippen molar-refractivity contribution in [3.05, 3.63) is 21.0 Å². The van der Waals surface area contributed by atoms with Crippen LogP contribution in [0.15, 0.2) is 21.0 Å². The molecular formula is C14H27ClNSiV. The molecule has 0 heterocycles. The van der Waals surface area contributed by atoms with E-state index in [1.165, 1.54) is 10.2 Å². The minimum absolute atomic E-state index is 0. The van der Waals surface area contributed by atoms with Gasteiger partial charge in [-0.2, -0.15) is 0 Å². The summed E-state index contributed by atoms with van der Waals surface area (Å²) in [6.45, 7) is 16.3. The smallest absolute Gasteiger partial charge is 1.00 e. The van der Waals surface area contributed by atoms with Gasteiger partial charge in [0, 0.05) is 0 Å². The van der Waals surface area contributed by atoms with Gasteiger partial charge in [-0.1, -0.05) is 0 Å². The van der Waals surface area contributed by atoms with Gasteiger partial charge in [-0.15, -0.1) is 0 Å². The van der Waals surface area contributed by atoms with Crippen molar-refractivity contribution in [2.45, 2.75) is 66.1 Å². The summed E-state index contributed by atoms with van der Waals surface area (Å²) < 4.78 is 4.48. The molecular weight excluding hydrogens is 297 g/mol. The average Bonchev–Trinajstić information content (AvgIpc) is 2.41. The third-order valence-electron chi connectivity index (χ3n) is 3.88. The molecule has 0 amide bonds. The van der Waals surface area contributed by atoms with Gasteiger partial charge in [-0.25, -0.2) is 0 Å². The van der Waals surface area contributed by atoms with Crippen LogP contribution in [0.25, 0.3) is 0 Å². The van der Waals surface area contributed by atoms with Crippen LogP contribution in [-0.4, -0.2) is 26.1 Å². The molecule has 4 heteroatoms. The first kappa shape index (κ1) is 18.5. The van der Waals surface area contributed by atoms with Crippen LogP contribution >= 0.6 is 0 Å². The average molecular weight is 324 g/mol. The largest absolute Gasteiger partial charge is 1.00 e. The van der Waals surface area contributed by atoms with E-state index in [1.54, 1.807) is 21.0 Å². The molecule has 0 saturated carbocycles. The molecule has 0 N–H and O–H groups in total. The Labute approximate surface area is 130 Å². The van der Waals surface area contributed by atoms with E-state index in [1.807, 2.05) is 0 Å². The van der Waals surface area contributed by atoms with Crippen molar-refractivity contribution in [1.82, 2.24) is 3.75 Å². The molecule has 1 rings (SSSR count). The maximum Gasteiger partial charge on any atom is -1.00 e. The summed E-state index contributed by atoms with van der Waals surface area (Å²) in [4.78, 5) is 0. The van der Waals surface area contributed by atoms with Crippen molar-refractivity contribution in [1.29, 1.82) is 0 Å². The van der Waals surface area contributed by atoms with Crippen LogP contribution in [0.2, 0.25) is 5.54 Å². The zero-order chi connectivity index (χ0) is 13.3. The van der Waals surface area contributed by atoms with Crippen molar-refractivity contribution < 1.29 is 28.9 Å². The van der Waals surface area contributed by atoms with Gasteiger partial charge in [0.15, 0.2) is 0 Å². The quantitative estimate of drug-likeness (QED) is 0.652. The molecule has 0 aromatic rings. The van der Waals surface area contributed by atoms with Gasteiger partial charge < -0.3 is 12.4 Å². The molecule has 0 fully saturated rings. The standard InChI is InChI=1S/C8H13Si.C6H14N.ClH.V/c1-5-4-8(9)7(3)6(5)2;1-5(2)7-6(3)4;;/h8H,1-3,9H3;5-6H,1-4H3;1H;/q;-1;;+2/p-1. The maximum atomic E-state index is 2.70. The third-order valence-corrected chi connectivity index (χ3v) is 9.37. The molecule has 1 nitrogen and oxygen atoms in total. The predicted octanol–water partition coefficient (Wildman–Crippen LogP) is -0.115. The van der Waals surface area contributed by atoms with Gasteiger partial charge in [0.1, 0.15) is 0 Å². The summed E-state index contributed by atoms with van der Waals surface area (Å²) in [6, 6.07) is 1.34. The van der Waals surface area contributed by atoms with Crippen LogP contribution in [0, 0.1) is 0 Å². The second kappa shape index (κ2) is 7.35. The Bertz CT molecular complexity index is 353. The molecule has 1 unspecified atom stereocenters. The molecule has 0 saturated heterocycles. The molecule has 1 atom stereocenters. The van der Waals surface area contributed by atoms with E-state index in [0.717, 1.165) is 5.54 Å². The Hall–Kier alpha value is 0.531. The molecule has 0 spiro atoms. The van der Waals surface area contributed by atoms with E-state index in [9.17, 15) is 0 Å². The molecule has 0 aromatic carbocycles. The van der Waals surface area contributed by atoms with Crippen molar-refractivity contribution in [3.8, 4) is 0 Å². The second-order valence-corrected chi connectivity index (χ2v) is 8.65. The molecule has 0 radical (unpaired) electrons. The fourth-order valence-electron chi connectivity index (χ4n) is 2.46. The van der Waals surface area contributed by atoms with E-state index < -0.39 is 0 Å². The van der Waals surface area contributed by atoms with Gasteiger partial charge in [-0.05, 0) is 0 Å². The van der Waals surface area contributed by atoms with Crippen LogP contribution in [-0.2, 0) is 16.5 Å². The minimum atomic E-state index is 0. The van der Waals surface area contributed by atoms with Crippen LogP contribution < -0.4 is 12.4 Å². The molecule has 0 aliphatic heterocycles. The Balaban J connectivity index is 0.00000289. The summed E-state index contributed by atoms with van der Waals surface area (Å²) in [7, 11) is 1.27. The normalized spacial score (nSPS) is 20.4. The number of rotatable bonds is 4. The van der Waals surface area contributed by atoms with E-state index in [0.29, 0.717) is 12.1 Å². The summed E-state index contributed by atoms with van der Waals surface area (Å²) in [5.74, 6) is 0. The maximum absolute atomic E-state index is 2.70. The summed E-state index contributed by atoms with van der Waals surface area (Å²) in [6.07, 6.45) is 0. The molecule has 0 bridgehead atoms. The Kier molecular flexibility index (Phi) is 7.57. The molecule has 1 aliphatic carbocycles. The third kappa shape index (κ3) is 3.77. The van der Waals surface area contributed by atoms with Crippen molar-refractivity contribution in [2.24, 2.45) is 0 Å². The van der Waals surface area contributed by atoms with E-state index in [-0.39, 0.29) is 28.9 Å². The first-order valence-electron chi connectivity index (χ1n) is 6.65.